The number of aryl methyl sites for hydroxylation is 2. The van der Waals surface area contributed by atoms with Gasteiger partial charge in [-0.15, -0.1) is 11.6 Å². The lowest BCUT2D eigenvalue weighted by atomic mass is 10.0. The van der Waals surface area contributed by atoms with E-state index in [1.807, 2.05) is 26.0 Å². The second-order valence-electron chi connectivity index (χ2n) is 5.26. The molecule has 0 spiro atoms. The zero-order valence-electron chi connectivity index (χ0n) is 13.5. The lowest BCUT2D eigenvalue weighted by Crippen LogP contribution is -2.43. The second kappa shape index (κ2) is 9.06. The van der Waals surface area contributed by atoms with Gasteiger partial charge >= 0.3 is 0 Å². The summed E-state index contributed by atoms with van der Waals surface area (Å²) in [7, 11) is 0. The predicted octanol–water partition coefficient (Wildman–Crippen LogP) is 3.94. The van der Waals surface area contributed by atoms with E-state index in [0.29, 0.717) is 13.2 Å². The van der Waals surface area contributed by atoms with Crippen LogP contribution in [-0.4, -0.2) is 31.0 Å². The van der Waals surface area contributed by atoms with Crippen molar-refractivity contribution in [2.45, 2.75) is 46.6 Å². The number of halogens is 1. The smallest absolute Gasteiger partial charge is 0.242 e. The summed E-state index contributed by atoms with van der Waals surface area (Å²) in [6, 6.07) is 6.09. The van der Waals surface area contributed by atoms with Gasteiger partial charge in [0.25, 0.3) is 0 Å². The fourth-order valence-electron chi connectivity index (χ4n) is 2.48. The third-order valence-electron chi connectivity index (χ3n) is 3.47. The molecule has 1 aromatic carbocycles. The first-order chi connectivity index (χ1) is 10.1. The van der Waals surface area contributed by atoms with Crippen molar-refractivity contribution in [3.63, 3.8) is 0 Å². The average Bonchev–Trinajstić information content (AvgIpc) is 2.49. The van der Waals surface area contributed by atoms with Gasteiger partial charge in [-0.2, -0.15) is 0 Å². The van der Waals surface area contributed by atoms with E-state index in [9.17, 15) is 4.79 Å². The Bertz CT molecular complexity index is 462. The van der Waals surface area contributed by atoms with Gasteiger partial charge in [-0.05, 0) is 37.8 Å². The number of amides is 1. The molecule has 1 unspecified atom stereocenters. The van der Waals surface area contributed by atoms with Crippen LogP contribution in [0.25, 0.3) is 0 Å². The van der Waals surface area contributed by atoms with E-state index >= 15 is 0 Å². The number of hydrogen-bond acceptors (Lipinski definition) is 2. The minimum Gasteiger partial charge on any atom is -0.379 e. The first kappa shape index (κ1) is 18.0. The summed E-state index contributed by atoms with van der Waals surface area (Å²) in [5.41, 5.74) is 3.24. The molecule has 0 aliphatic carbocycles. The number of hydrogen-bond donors (Lipinski definition) is 0. The monoisotopic (exact) mass is 311 g/mol. The summed E-state index contributed by atoms with van der Waals surface area (Å²) in [5.74, 6) is -0.0939. The Balaban J connectivity index is 3.11. The summed E-state index contributed by atoms with van der Waals surface area (Å²) < 4.78 is 5.62. The van der Waals surface area contributed by atoms with Crippen molar-refractivity contribution in [2.24, 2.45) is 0 Å². The van der Waals surface area contributed by atoms with Gasteiger partial charge in [-0.25, -0.2) is 0 Å². The normalized spacial score (nSPS) is 12.2. The summed E-state index contributed by atoms with van der Waals surface area (Å²) in [4.78, 5) is 14.1. The van der Waals surface area contributed by atoms with Crippen LogP contribution in [-0.2, 0) is 16.0 Å². The number of benzene rings is 1. The Labute approximate surface area is 133 Å². The first-order valence-electron chi connectivity index (χ1n) is 7.61. The van der Waals surface area contributed by atoms with Gasteiger partial charge in [0.2, 0.25) is 5.91 Å². The lowest BCUT2D eigenvalue weighted by Gasteiger charge is -2.32. The number of anilines is 1. The van der Waals surface area contributed by atoms with Crippen molar-refractivity contribution < 1.29 is 9.53 Å². The van der Waals surface area contributed by atoms with Crippen molar-refractivity contribution in [1.82, 2.24) is 0 Å². The lowest BCUT2D eigenvalue weighted by molar-refractivity contribution is -0.117. The molecular formula is C17H26ClNO2. The maximum absolute atomic E-state index is 12.3. The van der Waals surface area contributed by atoms with Crippen molar-refractivity contribution in [3.8, 4) is 0 Å². The highest BCUT2D eigenvalue weighted by Gasteiger charge is 2.24. The van der Waals surface area contributed by atoms with Gasteiger partial charge in [-0.1, -0.05) is 32.0 Å². The average molecular weight is 312 g/mol. The Morgan fingerprint density at radius 1 is 1.38 bits per heavy atom. The van der Waals surface area contributed by atoms with E-state index in [4.69, 9.17) is 16.3 Å². The van der Waals surface area contributed by atoms with Crippen molar-refractivity contribution in [2.75, 3.05) is 24.0 Å². The van der Waals surface area contributed by atoms with Gasteiger partial charge in [0.05, 0.1) is 18.3 Å². The van der Waals surface area contributed by atoms with Crippen LogP contribution < -0.4 is 4.90 Å². The molecule has 1 aromatic rings. The third-order valence-corrected chi connectivity index (χ3v) is 3.70. The Kier molecular flexibility index (Phi) is 7.76. The Morgan fingerprint density at radius 3 is 2.67 bits per heavy atom. The quantitative estimate of drug-likeness (QED) is 0.537. The summed E-state index contributed by atoms with van der Waals surface area (Å²) >= 11 is 5.82. The molecule has 4 heteroatoms. The maximum Gasteiger partial charge on any atom is 0.242 e. The molecule has 118 valence electrons. The topological polar surface area (TPSA) is 29.5 Å². The third kappa shape index (κ3) is 4.72. The zero-order valence-corrected chi connectivity index (χ0v) is 14.2. The second-order valence-corrected chi connectivity index (χ2v) is 5.52. The molecule has 0 aliphatic rings. The fourth-order valence-corrected chi connectivity index (χ4v) is 2.61. The molecule has 0 saturated carbocycles. The molecule has 0 saturated heterocycles. The number of alkyl halides is 1. The SMILES string of the molecule is CCCOCC(C)N(C(=O)CCl)c1c(C)cccc1CC. The standard InChI is InChI=1S/C17H26ClNO2/c1-5-10-21-12-14(4)19(16(20)11-18)17-13(3)8-7-9-15(17)6-2/h7-9,14H,5-6,10-12H2,1-4H3. The summed E-state index contributed by atoms with van der Waals surface area (Å²) in [6.45, 7) is 9.44. The van der Waals surface area contributed by atoms with E-state index in [1.165, 1.54) is 0 Å². The Morgan fingerprint density at radius 2 is 2.10 bits per heavy atom. The molecule has 0 radical (unpaired) electrons. The van der Waals surface area contributed by atoms with Gasteiger partial charge in [0.1, 0.15) is 5.88 Å². The highest BCUT2D eigenvalue weighted by atomic mass is 35.5. The summed E-state index contributed by atoms with van der Waals surface area (Å²) in [6.07, 6.45) is 1.85. The Hall–Kier alpha value is -1.06. The van der Waals surface area contributed by atoms with Crippen LogP contribution in [0.15, 0.2) is 18.2 Å². The predicted molar refractivity (Wildman–Crippen MR) is 89.3 cm³/mol. The number of carbonyl (C=O) groups is 1. The number of para-hydroxylation sites is 1. The van der Waals surface area contributed by atoms with Crippen molar-refractivity contribution >= 4 is 23.2 Å². The van der Waals surface area contributed by atoms with E-state index < -0.39 is 0 Å². The number of carbonyl (C=O) groups excluding carboxylic acids is 1. The molecule has 1 amide bonds. The van der Waals surface area contributed by atoms with Crippen LogP contribution in [0.5, 0.6) is 0 Å². The number of nitrogens with zero attached hydrogens (tertiary/aromatic N) is 1. The van der Waals surface area contributed by atoms with E-state index in [0.717, 1.165) is 29.7 Å². The highest BCUT2D eigenvalue weighted by Crippen LogP contribution is 2.28. The van der Waals surface area contributed by atoms with E-state index in [-0.39, 0.29) is 17.8 Å². The maximum atomic E-state index is 12.3. The molecule has 0 aromatic heterocycles. The van der Waals surface area contributed by atoms with Crippen LogP contribution in [0.4, 0.5) is 5.69 Å². The number of ether oxygens (including phenoxy) is 1. The van der Waals surface area contributed by atoms with E-state index in [1.54, 1.807) is 4.90 Å². The molecule has 0 heterocycles. The number of rotatable bonds is 8. The minimum absolute atomic E-state index is 0.0182. The molecule has 0 bridgehead atoms. The molecule has 3 nitrogen and oxygen atoms in total. The minimum atomic E-state index is -0.0757. The first-order valence-corrected chi connectivity index (χ1v) is 8.14. The fraction of sp³-hybridized carbons (Fsp3) is 0.588. The molecule has 21 heavy (non-hydrogen) atoms. The van der Waals surface area contributed by atoms with Crippen LogP contribution in [0, 0.1) is 6.92 Å². The largest absolute Gasteiger partial charge is 0.379 e. The molecule has 1 rings (SSSR count). The van der Waals surface area contributed by atoms with Gasteiger partial charge in [-0.3, -0.25) is 4.79 Å². The summed E-state index contributed by atoms with van der Waals surface area (Å²) in [5, 5.41) is 0. The molecule has 1 atom stereocenters. The van der Waals surface area contributed by atoms with Gasteiger partial charge in [0, 0.05) is 6.61 Å². The van der Waals surface area contributed by atoms with Crippen LogP contribution in [0.2, 0.25) is 0 Å². The van der Waals surface area contributed by atoms with Crippen LogP contribution in [0.1, 0.15) is 38.3 Å². The molecule has 0 aliphatic heterocycles. The highest BCUT2D eigenvalue weighted by molar-refractivity contribution is 6.29. The molecular weight excluding hydrogens is 286 g/mol. The van der Waals surface area contributed by atoms with Crippen LogP contribution >= 0.6 is 11.6 Å². The van der Waals surface area contributed by atoms with Gasteiger partial charge in [0.15, 0.2) is 0 Å². The van der Waals surface area contributed by atoms with Crippen molar-refractivity contribution in [3.05, 3.63) is 29.3 Å². The van der Waals surface area contributed by atoms with Gasteiger partial charge < -0.3 is 9.64 Å². The molecule has 0 N–H and O–H groups in total. The zero-order chi connectivity index (χ0) is 15.8. The van der Waals surface area contributed by atoms with Crippen LogP contribution in [0.3, 0.4) is 0 Å². The van der Waals surface area contributed by atoms with E-state index in [2.05, 4.69) is 19.9 Å². The molecule has 0 fully saturated rings. The van der Waals surface area contributed by atoms with Crippen molar-refractivity contribution in [1.29, 1.82) is 0 Å².